The molecule has 0 aliphatic heterocycles. The number of rotatable bonds is 14. The third-order valence-electron chi connectivity index (χ3n) is 2.61. The topological polar surface area (TPSA) is 66.0 Å². The summed E-state index contributed by atoms with van der Waals surface area (Å²) >= 11 is 0. The van der Waals surface area contributed by atoms with E-state index >= 15 is 0 Å². The highest BCUT2D eigenvalue weighted by atomic mass is 31.2. The van der Waals surface area contributed by atoms with Gasteiger partial charge in [0.1, 0.15) is 0 Å². The summed E-state index contributed by atoms with van der Waals surface area (Å²) in [6.07, 6.45) is 0.919. The summed E-state index contributed by atoms with van der Waals surface area (Å²) in [7, 11) is -4.88. The minimum Gasteiger partial charge on any atom is -0.374 e. The highest BCUT2D eigenvalue weighted by Crippen LogP contribution is 2.36. The standard InChI is InChI=1S/C13H32NO5PSi/c1-6-17-21(18-7-2,19-8-3)13-9-10-14-11-12-16-20(4,5)15/h14H,6-13H2,1-5H3. The van der Waals surface area contributed by atoms with Crippen LogP contribution >= 0.6 is 7.37 Å². The molecule has 0 aliphatic carbocycles. The summed E-state index contributed by atoms with van der Waals surface area (Å²) < 4.78 is 33.9. The summed E-state index contributed by atoms with van der Waals surface area (Å²) in [5.74, 6) is 0. The highest BCUT2D eigenvalue weighted by Gasteiger charge is 2.39. The van der Waals surface area contributed by atoms with Crippen molar-refractivity contribution in [2.45, 2.75) is 33.2 Å². The van der Waals surface area contributed by atoms with Gasteiger partial charge in [0.25, 0.3) is 0 Å². The van der Waals surface area contributed by atoms with Gasteiger partial charge in [0.15, 0.2) is 7.37 Å². The molecule has 0 rings (SSSR count). The maximum Gasteiger partial charge on any atom is 0.500 e. The molecule has 0 atom stereocenters. The lowest BCUT2D eigenvalue weighted by atomic mass is 10.5. The molecule has 0 heterocycles. The molecule has 0 aromatic carbocycles. The van der Waals surface area contributed by atoms with E-state index in [0.717, 1.165) is 19.0 Å². The Hall–Kier alpha value is 0.247. The Kier molecular flexibility index (Phi) is 11.9. The van der Waals surface area contributed by atoms with Gasteiger partial charge in [-0.1, -0.05) is 0 Å². The zero-order valence-corrected chi connectivity index (χ0v) is 16.0. The van der Waals surface area contributed by atoms with Crippen LogP contribution in [0.2, 0.25) is 6.04 Å². The van der Waals surface area contributed by atoms with Crippen LogP contribution in [0, 0.1) is 0 Å². The maximum absolute atomic E-state index is 11.4. The largest absolute Gasteiger partial charge is 0.500 e. The third kappa shape index (κ3) is 11.5. The van der Waals surface area contributed by atoms with Gasteiger partial charge in [-0.2, -0.15) is 0 Å². The second kappa shape index (κ2) is 11.8. The first kappa shape index (κ1) is 21.2. The van der Waals surface area contributed by atoms with Crippen molar-refractivity contribution < 1.29 is 22.4 Å². The number of hydrogen-bond acceptors (Lipinski definition) is 6. The van der Waals surface area contributed by atoms with E-state index in [1.54, 1.807) is 13.3 Å². The number of hydrogen-bond donors (Lipinski definition) is 1. The van der Waals surface area contributed by atoms with Gasteiger partial charge in [0, 0.05) is 45.7 Å². The fraction of sp³-hybridized carbons (Fsp3) is 1.00. The van der Waals surface area contributed by atoms with E-state index in [1.165, 1.54) is 0 Å². The third-order valence-corrected chi connectivity index (χ3v) is 6.57. The molecular formula is C13H32NO5PSi. The van der Waals surface area contributed by atoms with E-state index in [0.29, 0.717) is 33.0 Å². The Morgan fingerprint density at radius 1 is 0.952 bits per heavy atom. The Bertz CT molecular complexity index is 283. The molecular weight excluding hydrogens is 309 g/mol. The van der Waals surface area contributed by atoms with E-state index in [1.807, 2.05) is 20.8 Å². The molecule has 0 unspecified atom stereocenters. The smallest absolute Gasteiger partial charge is 0.374 e. The second-order valence-corrected chi connectivity index (χ2v) is 10.4. The van der Waals surface area contributed by atoms with Crippen molar-refractivity contribution in [1.82, 2.24) is 5.32 Å². The van der Waals surface area contributed by atoms with E-state index in [9.17, 15) is 4.57 Å². The van der Waals surface area contributed by atoms with Gasteiger partial charge in [-0.05, 0) is 33.7 Å². The van der Waals surface area contributed by atoms with Crippen LogP contribution in [-0.4, -0.2) is 61.7 Å². The van der Waals surface area contributed by atoms with Crippen LogP contribution in [0.4, 0.5) is 0 Å². The van der Waals surface area contributed by atoms with Crippen molar-refractivity contribution >= 4 is 16.2 Å². The lowest BCUT2D eigenvalue weighted by Gasteiger charge is -2.28. The minimum absolute atomic E-state index is 0.467. The van der Waals surface area contributed by atoms with Crippen molar-refractivity contribution in [3.05, 3.63) is 0 Å². The van der Waals surface area contributed by atoms with Crippen LogP contribution in [-0.2, 0) is 22.4 Å². The average molecular weight is 341 g/mol. The normalized spacial score (nSPS) is 12.8. The van der Waals surface area contributed by atoms with Gasteiger partial charge in [0.2, 0.25) is 0 Å². The molecule has 21 heavy (non-hydrogen) atoms. The predicted molar refractivity (Wildman–Crippen MR) is 88.3 cm³/mol. The van der Waals surface area contributed by atoms with Crippen molar-refractivity contribution in [2.75, 3.05) is 52.8 Å². The molecule has 0 saturated carbocycles. The Balaban J connectivity index is 3.94. The van der Waals surface area contributed by atoms with Crippen molar-refractivity contribution in [1.29, 1.82) is 0 Å². The molecule has 0 aromatic heterocycles. The SMILES string of the molecule is CCO[Si](CCCNCCOP(C)(C)=O)(OCC)OCC. The van der Waals surface area contributed by atoms with E-state index < -0.39 is 16.2 Å². The van der Waals surface area contributed by atoms with Gasteiger partial charge in [-0.25, -0.2) is 0 Å². The fourth-order valence-corrected chi connectivity index (χ4v) is 5.04. The Morgan fingerprint density at radius 3 is 1.90 bits per heavy atom. The van der Waals surface area contributed by atoms with Crippen molar-refractivity contribution in [3.63, 3.8) is 0 Å². The molecule has 8 heteroatoms. The Labute approximate surface area is 130 Å². The molecule has 0 bridgehead atoms. The average Bonchev–Trinajstić information content (AvgIpc) is 2.37. The molecule has 0 saturated heterocycles. The molecule has 6 nitrogen and oxygen atoms in total. The molecule has 0 aromatic rings. The van der Waals surface area contributed by atoms with Crippen LogP contribution in [0.25, 0.3) is 0 Å². The summed E-state index contributed by atoms with van der Waals surface area (Å²) in [6.45, 7) is 13.0. The van der Waals surface area contributed by atoms with Crippen molar-refractivity contribution in [2.24, 2.45) is 0 Å². The zero-order valence-electron chi connectivity index (χ0n) is 14.1. The van der Waals surface area contributed by atoms with E-state index in [2.05, 4.69) is 5.32 Å². The molecule has 0 aliphatic rings. The van der Waals surface area contributed by atoms with Gasteiger partial charge in [-0.15, -0.1) is 0 Å². The van der Waals surface area contributed by atoms with Crippen LogP contribution in [0.5, 0.6) is 0 Å². The van der Waals surface area contributed by atoms with Crippen LogP contribution < -0.4 is 5.32 Å². The van der Waals surface area contributed by atoms with E-state index in [-0.39, 0.29) is 0 Å². The highest BCUT2D eigenvalue weighted by molar-refractivity contribution is 7.57. The zero-order chi connectivity index (χ0) is 16.2. The summed E-state index contributed by atoms with van der Waals surface area (Å²) in [4.78, 5) is 0. The quantitative estimate of drug-likeness (QED) is 0.298. The minimum atomic E-state index is -2.51. The molecule has 0 amide bonds. The first-order chi connectivity index (χ1) is 9.89. The molecule has 0 fully saturated rings. The maximum atomic E-state index is 11.4. The lowest BCUT2D eigenvalue weighted by Crippen LogP contribution is -2.46. The van der Waals surface area contributed by atoms with Gasteiger partial charge < -0.3 is 23.1 Å². The lowest BCUT2D eigenvalue weighted by molar-refractivity contribution is 0.0708. The predicted octanol–water partition coefficient (Wildman–Crippen LogP) is 2.57. The summed E-state index contributed by atoms with van der Waals surface area (Å²) in [5, 5.41) is 3.27. The molecule has 0 radical (unpaired) electrons. The van der Waals surface area contributed by atoms with Crippen LogP contribution in [0.1, 0.15) is 27.2 Å². The van der Waals surface area contributed by atoms with Crippen molar-refractivity contribution in [3.8, 4) is 0 Å². The molecule has 1 N–H and O–H groups in total. The molecule has 128 valence electrons. The fourth-order valence-electron chi connectivity index (χ4n) is 1.89. The molecule has 0 spiro atoms. The second-order valence-electron chi connectivity index (χ2n) is 4.92. The van der Waals surface area contributed by atoms with Gasteiger partial charge in [-0.3, -0.25) is 4.57 Å². The Morgan fingerprint density at radius 2 is 1.48 bits per heavy atom. The van der Waals surface area contributed by atoms with Gasteiger partial charge >= 0.3 is 8.80 Å². The van der Waals surface area contributed by atoms with Gasteiger partial charge in [0.05, 0.1) is 6.61 Å². The first-order valence-electron chi connectivity index (χ1n) is 7.71. The van der Waals surface area contributed by atoms with Crippen LogP contribution in [0.3, 0.4) is 0 Å². The summed E-state index contributed by atoms with van der Waals surface area (Å²) in [5.41, 5.74) is 0. The first-order valence-corrected chi connectivity index (χ1v) is 12.2. The van der Waals surface area contributed by atoms with Crippen LogP contribution in [0.15, 0.2) is 0 Å². The number of nitrogens with one attached hydrogen (secondary N) is 1. The summed E-state index contributed by atoms with van der Waals surface area (Å²) in [6, 6.07) is 0.802. The van der Waals surface area contributed by atoms with E-state index in [4.69, 9.17) is 17.8 Å². The monoisotopic (exact) mass is 341 g/mol.